The predicted molar refractivity (Wildman–Crippen MR) is 197 cm³/mol. The second-order valence-corrected chi connectivity index (χ2v) is 14.7. The van der Waals surface area contributed by atoms with Gasteiger partial charge in [0.15, 0.2) is 6.10 Å². The molecule has 13 nitrogen and oxygen atoms in total. The lowest BCUT2D eigenvalue weighted by Gasteiger charge is -2.43. The number of aliphatic carboxylic acids is 1. The molecule has 282 valence electrons. The van der Waals surface area contributed by atoms with Gasteiger partial charge in [-0.05, 0) is 87.4 Å². The molecule has 52 heavy (non-hydrogen) atoms. The zero-order chi connectivity index (χ0) is 36.8. The first kappa shape index (κ1) is 37.4. The highest BCUT2D eigenvalue weighted by Gasteiger charge is 2.36. The first-order valence-electron chi connectivity index (χ1n) is 18.8. The number of para-hydroxylation sites is 1. The number of fused-ring (bicyclic) bond motifs is 1. The Balaban J connectivity index is 1.06. The quantitative estimate of drug-likeness (QED) is 0.374. The predicted octanol–water partition coefficient (Wildman–Crippen LogP) is 4.00. The van der Waals surface area contributed by atoms with Crippen LogP contribution < -0.4 is 10.1 Å². The topological polar surface area (TPSA) is 135 Å². The summed E-state index contributed by atoms with van der Waals surface area (Å²) in [4.78, 5) is 62.1. The van der Waals surface area contributed by atoms with Crippen molar-refractivity contribution in [3.63, 3.8) is 0 Å². The summed E-state index contributed by atoms with van der Waals surface area (Å²) in [7, 11) is 1.65. The Kier molecular flexibility index (Phi) is 12.2. The number of carbonyl (C=O) groups is 4. The molecular formula is C39H54N6O7. The minimum atomic E-state index is -0.976. The van der Waals surface area contributed by atoms with Crippen molar-refractivity contribution in [2.24, 2.45) is 0 Å². The van der Waals surface area contributed by atoms with E-state index in [9.17, 15) is 19.2 Å². The number of amides is 4. The molecule has 0 aliphatic carbocycles. The molecule has 0 bridgehead atoms. The smallest absolute Gasteiger partial charge is 0.410 e. The largest absolute Gasteiger partial charge is 0.496 e. The summed E-state index contributed by atoms with van der Waals surface area (Å²) in [5.41, 5.74) is 4.79. The molecular weight excluding hydrogens is 664 g/mol. The van der Waals surface area contributed by atoms with Crippen molar-refractivity contribution in [2.75, 3.05) is 77.9 Å². The van der Waals surface area contributed by atoms with Crippen LogP contribution in [0.3, 0.4) is 0 Å². The Morgan fingerprint density at radius 1 is 0.865 bits per heavy atom. The van der Waals surface area contributed by atoms with Crippen LogP contribution in [-0.2, 0) is 27.2 Å². The van der Waals surface area contributed by atoms with Crippen molar-refractivity contribution in [1.29, 1.82) is 0 Å². The van der Waals surface area contributed by atoms with Gasteiger partial charge in [-0.15, -0.1) is 0 Å². The van der Waals surface area contributed by atoms with Crippen molar-refractivity contribution in [2.45, 2.75) is 77.0 Å². The summed E-state index contributed by atoms with van der Waals surface area (Å²) in [5, 5.41) is 12.1. The van der Waals surface area contributed by atoms with Crippen molar-refractivity contribution >= 4 is 29.7 Å². The minimum Gasteiger partial charge on any atom is -0.496 e. The molecule has 3 fully saturated rings. The third-order valence-corrected chi connectivity index (χ3v) is 11.3. The molecule has 6 rings (SSSR count). The summed E-state index contributed by atoms with van der Waals surface area (Å²) < 4.78 is 11.7. The molecule has 0 saturated carbocycles. The van der Waals surface area contributed by atoms with Crippen LogP contribution in [0.2, 0.25) is 0 Å². The maximum Gasteiger partial charge on any atom is 0.410 e. The van der Waals surface area contributed by atoms with Crippen LogP contribution in [0.4, 0.5) is 15.3 Å². The van der Waals surface area contributed by atoms with Crippen LogP contribution in [0.5, 0.6) is 5.75 Å². The molecule has 2 aromatic carbocycles. The monoisotopic (exact) mass is 718 g/mol. The summed E-state index contributed by atoms with van der Waals surface area (Å²) in [6.45, 7) is 10.4. The Morgan fingerprint density at radius 3 is 2.17 bits per heavy atom. The van der Waals surface area contributed by atoms with E-state index in [0.29, 0.717) is 58.2 Å². The van der Waals surface area contributed by atoms with Crippen molar-refractivity contribution in [3.8, 4) is 5.75 Å². The first-order valence-corrected chi connectivity index (χ1v) is 18.8. The van der Waals surface area contributed by atoms with Gasteiger partial charge in [-0.2, -0.15) is 0 Å². The summed E-state index contributed by atoms with van der Waals surface area (Å²) in [6, 6.07) is 12.2. The highest BCUT2D eigenvalue weighted by atomic mass is 16.6. The third kappa shape index (κ3) is 8.98. The van der Waals surface area contributed by atoms with Crippen molar-refractivity contribution < 1.29 is 33.8 Å². The van der Waals surface area contributed by atoms with E-state index in [1.165, 1.54) is 0 Å². The van der Waals surface area contributed by atoms with Gasteiger partial charge < -0.3 is 39.5 Å². The number of benzene rings is 2. The van der Waals surface area contributed by atoms with E-state index in [2.05, 4.69) is 15.1 Å². The number of piperazine rings is 1. The Morgan fingerprint density at radius 2 is 1.52 bits per heavy atom. The van der Waals surface area contributed by atoms with E-state index < -0.39 is 18.2 Å². The van der Waals surface area contributed by atoms with E-state index in [-0.39, 0.29) is 30.8 Å². The highest BCUT2D eigenvalue weighted by molar-refractivity contribution is 5.91. The number of nitrogens with one attached hydrogen (secondary N) is 1. The Hall–Kier alpha value is -4.36. The lowest BCUT2D eigenvalue weighted by atomic mass is 10.00. The lowest BCUT2D eigenvalue weighted by Crippen LogP contribution is -2.56. The van der Waals surface area contributed by atoms with Crippen LogP contribution in [0.25, 0.3) is 0 Å². The number of ether oxygens (including phenoxy) is 2. The van der Waals surface area contributed by atoms with Gasteiger partial charge in [0.25, 0.3) is 5.91 Å². The van der Waals surface area contributed by atoms with E-state index >= 15 is 0 Å². The van der Waals surface area contributed by atoms with Gasteiger partial charge >= 0.3 is 18.1 Å². The summed E-state index contributed by atoms with van der Waals surface area (Å²) >= 11 is 0. The number of hydrogen-bond donors (Lipinski definition) is 2. The Bertz CT molecular complexity index is 1570. The van der Waals surface area contributed by atoms with Gasteiger partial charge in [-0.1, -0.05) is 30.3 Å². The molecule has 2 N–H and O–H groups in total. The van der Waals surface area contributed by atoms with Crippen LogP contribution >= 0.6 is 0 Å². The van der Waals surface area contributed by atoms with Gasteiger partial charge in [0.05, 0.1) is 13.5 Å². The second-order valence-electron chi connectivity index (χ2n) is 14.7. The van der Waals surface area contributed by atoms with E-state index in [4.69, 9.17) is 14.6 Å². The number of carboxylic acids is 1. The van der Waals surface area contributed by atoms with E-state index in [1.54, 1.807) is 12.0 Å². The molecule has 0 aromatic heterocycles. The van der Waals surface area contributed by atoms with Crippen LogP contribution in [0, 0.1) is 13.8 Å². The second kappa shape index (κ2) is 17.0. The van der Waals surface area contributed by atoms with Gasteiger partial charge in [0.2, 0.25) is 0 Å². The molecule has 13 heteroatoms. The number of methoxy groups -OCH3 is 1. The number of carboxylic acid groups (broad SMARTS) is 1. The maximum atomic E-state index is 14.2. The molecule has 4 amide bonds. The van der Waals surface area contributed by atoms with Gasteiger partial charge in [-0.25, -0.2) is 9.59 Å². The molecule has 0 spiro atoms. The van der Waals surface area contributed by atoms with Crippen LogP contribution in [0.1, 0.15) is 54.4 Å². The molecule has 4 aliphatic heterocycles. The number of aryl methyl sites for hydroxylation is 2. The summed E-state index contributed by atoms with van der Waals surface area (Å²) in [5.74, 6) is -0.144. The number of hydrogen-bond acceptors (Lipinski definition) is 8. The van der Waals surface area contributed by atoms with Crippen LogP contribution in [-0.4, -0.2) is 144 Å². The van der Waals surface area contributed by atoms with Gasteiger partial charge in [0.1, 0.15) is 5.75 Å². The number of carbonyl (C=O) groups excluding carboxylic acids is 3. The number of likely N-dealkylation sites (tertiary alicyclic amines) is 2. The fourth-order valence-electron chi connectivity index (χ4n) is 8.44. The molecule has 4 heterocycles. The highest BCUT2D eigenvalue weighted by Crippen LogP contribution is 2.28. The molecule has 0 unspecified atom stereocenters. The number of piperidine rings is 2. The summed E-state index contributed by atoms with van der Waals surface area (Å²) in [6.07, 6.45) is 2.95. The molecule has 4 aliphatic rings. The van der Waals surface area contributed by atoms with Gasteiger partial charge in [0, 0.05) is 76.5 Å². The third-order valence-electron chi connectivity index (χ3n) is 11.3. The first-order chi connectivity index (χ1) is 25.1. The number of rotatable bonds is 10. The molecule has 2 aromatic rings. The molecule has 3 saturated heterocycles. The molecule has 0 radical (unpaired) electrons. The van der Waals surface area contributed by atoms with Gasteiger partial charge in [-0.3, -0.25) is 14.5 Å². The number of nitrogens with zero attached hydrogens (tertiary/aromatic N) is 5. The SMILES string of the molecule is COc1c(C)cc(C[C@@H](OC(=O)N2CCC(N3CCc4ccccc4NC3=O)CC2)C(=O)N2CCN(C3CCN(CCC(=O)O)CC3)CC2)cc1C. The fourth-order valence-corrected chi connectivity index (χ4v) is 8.44. The minimum absolute atomic E-state index is 0.00863. The number of urea groups is 1. The zero-order valence-corrected chi connectivity index (χ0v) is 30.8. The Labute approximate surface area is 306 Å². The normalized spacial score (nSPS) is 20.1. The maximum absolute atomic E-state index is 14.2. The number of anilines is 1. The van der Waals surface area contributed by atoms with E-state index in [0.717, 1.165) is 79.1 Å². The average Bonchev–Trinajstić information content (AvgIpc) is 3.31. The fraction of sp³-hybridized carbons (Fsp3) is 0.590. The standard InChI is InChI=1S/C39H54N6O7/c1-27-24-29(25-28(2)36(27)51-3)26-34(37(48)43-22-20-42(21-23-43)31-9-14-41(15-10-31)16-13-35(46)47)52-39(50)44-17-11-32(12-18-44)45-19-8-30-6-4-5-7-33(30)40-38(45)49/h4-7,24-25,31-32,34H,8-23,26H2,1-3H3,(H,40,49)(H,46,47)/t34-/m1/s1. The molecule has 1 atom stereocenters. The lowest BCUT2D eigenvalue weighted by molar-refractivity contribution is -0.143. The van der Waals surface area contributed by atoms with Crippen molar-refractivity contribution in [3.05, 3.63) is 58.7 Å². The van der Waals surface area contributed by atoms with E-state index in [1.807, 2.05) is 60.0 Å². The van der Waals surface area contributed by atoms with Crippen molar-refractivity contribution in [1.82, 2.24) is 24.5 Å². The van der Waals surface area contributed by atoms with Crippen LogP contribution in [0.15, 0.2) is 36.4 Å². The zero-order valence-electron chi connectivity index (χ0n) is 30.8. The average molecular weight is 719 g/mol.